The summed E-state index contributed by atoms with van der Waals surface area (Å²) in [6.45, 7) is 2.11. The number of fused-ring (bicyclic) bond motifs is 1. The number of rotatable bonds is 2. The summed E-state index contributed by atoms with van der Waals surface area (Å²) in [4.78, 5) is 25.0. The van der Waals surface area contributed by atoms with Crippen LogP contribution in [0.4, 0.5) is 4.79 Å². The van der Waals surface area contributed by atoms with E-state index >= 15 is 0 Å². The van der Waals surface area contributed by atoms with Crippen molar-refractivity contribution in [2.45, 2.75) is 13.0 Å². The van der Waals surface area contributed by atoms with E-state index in [-0.39, 0.29) is 18.7 Å². The van der Waals surface area contributed by atoms with E-state index in [1.807, 2.05) is 18.2 Å². The maximum atomic E-state index is 12.1. The Hall–Kier alpha value is -2.44. The number of hydrogen-bond donors (Lipinski definition) is 2. The number of carbonyl (C=O) groups excluding carboxylic acids is 2. The van der Waals surface area contributed by atoms with Gasteiger partial charge in [0, 0.05) is 32.6 Å². The number of carbonyl (C=O) groups is 2. The molecule has 2 heterocycles. The Bertz CT molecular complexity index is 561. The molecule has 0 saturated carbocycles. The molecule has 7 nitrogen and oxygen atoms in total. The lowest BCUT2D eigenvalue weighted by Crippen LogP contribution is -2.41. The summed E-state index contributed by atoms with van der Waals surface area (Å²) in [5.41, 5.74) is 0.941. The molecule has 7 heteroatoms. The van der Waals surface area contributed by atoms with E-state index in [1.165, 1.54) is 0 Å². The quantitative estimate of drug-likeness (QED) is 0.829. The maximum Gasteiger partial charge on any atom is 0.317 e. The third-order valence-corrected chi connectivity index (χ3v) is 3.48. The number of amides is 3. The SMILES string of the molecule is O=C1CCN(C(=O)NCc2ccc3c(c2)OCO3)CCN1. The van der Waals surface area contributed by atoms with E-state index < -0.39 is 0 Å². The third-order valence-electron chi connectivity index (χ3n) is 3.48. The Morgan fingerprint density at radius 2 is 2.14 bits per heavy atom. The van der Waals surface area contributed by atoms with E-state index in [1.54, 1.807) is 4.90 Å². The van der Waals surface area contributed by atoms with Crippen LogP contribution in [-0.2, 0) is 11.3 Å². The van der Waals surface area contributed by atoms with Crippen LogP contribution in [0.3, 0.4) is 0 Å². The van der Waals surface area contributed by atoms with Crippen molar-refractivity contribution < 1.29 is 19.1 Å². The predicted octanol–water partition coefficient (Wildman–Crippen LogP) is 0.447. The molecule has 1 fully saturated rings. The van der Waals surface area contributed by atoms with Crippen molar-refractivity contribution in [3.8, 4) is 11.5 Å². The zero-order valence-electron chi connectivity index (χ0n) is 11.6. The third kappa shape index (κ3) is 3.18. The van der Waals surface area contributed by atoms with Crippen LogP contribution in [0.2, 0.25) is 0 Å². The van der Waals surface area contributed by atoms with Crippen LogP contribution in [0.5, 0.6) is 11.5 Å². The summed E-state index contributed by atoms with van der Waals surface area (Å²) in [6.07, 6.45) is 0.345. The minimum atomic E-state index is -0.163. The lowest BCUT2D eigenvalue weighted by molar-refractivity contribution is -0.120. The van der Waals surface area contributed by atoms with Crippen LogP contribution in [0, 0.1) is 0 Å². The zero-order valence-corrected chi connectivity index (χ0v) is 11.6. The van der Waals surface area contributed by atoms with Gasteiger partial charge in [-0.3, -0.25) is 4.79 Å². The summed E-state index contributed by atoms with van der Waals surface area (Å²) >= 11 is 0. The monoisotopic (exact) mass is 291 g/mol. The summed E-state index contributed by atoms with van der Waals surface area (Å²) in [7, 11) is 0. The van der Waals surface area contributed by atoms with Gasteiger partial charge in [0.15, 0.2) is 11.5 Å². The standard InChI is InChI=1S/C14H17N3O4/c18-13-3-5-17(6-4-15-13)14(19)16-8-10-1-2-11-12(7-10)21-9-20-11/h1-2,7H,3-6,8-9H2,(H,15,18)(H,16,19). The van der Waals surface area contributed by atoms with E-state index in [9.17, 15) is 9.59 Å². The van der Waals surface area contributed by atoms with Gasteiger partial charge in [-0.15, -0.1) is 0 Å². The normalized spacial score (nSPS) is 17.1. The van der Waals surface area contributed by atoms with Crippen LogP contribution in [0.15, 0.2) is 18.2 Å². The van der Waals surface area contributed by atoms with E-state index in [4.69, 9.17) is 9.47 Å². The minimum absolute atomic E-state index is 0.0129. The molecule has 0 radical (unpaired) electrons. The van der Waals surface area contributed by atoms with Gasteiger partial charge in [-0.25, -0.2) is 4.79 Å². The van der Waals surface area contributed by atoms with Gasteiger partial charge in [-0.1, -0.05) is 6.07 Å². The molecule has 0 aliphatic carbocycles. The highest BCUT2D eigenvalue weighted by Gasteiger charge is 2.18. The number of urea groups is 1. The van der Waals surface area contributed by atoms with E-state index in [0.29, 0.717) is 38.3 Å². The molecule has 0 unspecified atom stereocenters. The van der Waals surface area contributed by atoms with Crippen LogP contribution in [0.25, 0.3) is 0 Å². The number of nitrogens with zero attached hydrogens (tertiary/aromatic N) is 1. The van der Waals surface area contributed by atoms with E-state index in [2.05, 4.69) is 10.6 Å². The molecular formula is C14H17N3O4. The molecule has 2 aliphatic heterocycles. The number of benzene rings is 1. The van der Waals surface area contributed by atoms with Gasteiger partial charge in [0.2, 0.25) is 12.7 Å². The number of nitrogens with one attached hydrogen (secondary N) is 2. The molecule has 2 aliphatic rings. The average molecular weight is 291 g/mol. The molecule has 21 heavy (non-hydrogen) atoms. The smallest absolute Gasteiger partial charge is 0.317 e. The van der Waals surface area contributed by atoms with Crippen LogP contribution in [0.1, 0.15) is 12.0 Å². The fourth-order valence-corrected chi connectivity index (χ4v) is 2.31. The highest BCUT2D eigenvalue weighted by Crippen LogP contribution is 2.32. The highest BCUT2D eigenvalue weighted by molar-refractivity contribution is 5.79. The fourth-order valence-electron chi connectivity index (χ4n) is 2.31. The van der Waals surface area contributed by atoms with Gasteiger partial charge < -0.3 is 25.0 Å². The first-order valence-electron chi connectivity index (χ1n) is 6.90. The van der Waals surface area contributed by atoms with Crippen LogP contribution >= 0.6 is 0 Å². The van der Waals surface area contributed by atoms with Crippen LogP contribution < -0.4 is 20.1 Å². The van der Waals surface area contributed by atoms with Gasteiger partial charge in [0.05, 0.1) is 0 Å². The van der Waals surface area contributed by atoms with Gasteiger partial charge in [-0.05, 0) is 17.7 Å². The second-order valence-corrected chi connectivity index (χ2v) is 4.93. The molecular weight excluding hydrogens is 274 g/mol. The molecule has 3 amide bonds. The van der Waals surface area contributed by atoms with Crippen molar-refractivity contribution >= 4 is 11.9 Å². The first-order valence-corrected chi connectivity index (χ1v) is 6.90. The first kappa shape index (κ1) is 13.5. The van der Waals surface area contributed by atoms with Gasteiger partial charge >= 0.3 is 6.03 Å². The van der Waals surface area contributed by atoms with Crippen molar-refractivity contribution in [3.63, 3.8) is 0 Å². The van der Waals surface area contributed by atoms with Crippen molar-refractivity contribution in [2.75, 3.05) is 26.4 Å². The van der Waals surface area contributed by atoms with Crippen molar-refractivity contribution in [1.29, 1.82) is 0 Å². The second-order valence-electron chi connectivity index (χ2n) is 4.93. The summed E-state index contributed by atoms with van der Waals surface area (Å²) in [5.74, 6) is 1.41. The number of ether oxygens (including phenoxy) is 2. The lowest BCUT2D eigenvalue weighted by atomic mass is 10.2. The molecule has 1 aromatic carbocycles. The largest absolute Gasteiger partial charge is 0.454 e. The van der Waals surface area contributed by atoms with Gasteiger partial charge in [-0.2, -0.15) is 0 Å². The Kier molecular flexibility index (Phi) is 3.81. The van der Waals surface area contributed by atoms with Crippen molar-refractivity contribution in [2.24, 2.45) is 0 Å². The molecule has 1 aromatic rings. The topological polar surface area (TPSA) is 79.9 Å². The first-order chi connectivity index (χ1) is 10.2. The molecule has 0 aromatic heterocycles. The van der Waals surface area contributed by atoms with Gasteiger partial charge in [0.25, 0.3) is 0 Å². The van der Waals surface area contributed by atoms with Crippen molar-refractivity contribution in [1.82, 2.24) is 15.5 Å². The van der Waals surface area contributed by atoms with Gasteiger partial charge in [0.1, 0.15) is 0 Å². The maximum absolute atomic E-state index is 12.1. The molecule has 0 spiro atoms. The molecule has 1 saturated heterocycles. The molecule has 3 rings (SSSR count). The van der Waals surface area contributed by atoms with Crippen molar-refractivity contribution in [3.05, 3.63) is 23.8 Å². The Balaban J connectivity index is 1.54. The minimum Gasteiger partial charge on any atom is -0.454 e. The molecule has 0 atom stereocenters. The van der Waals surface area contributed by atoms with Crippen LogP contribution in [-0.4, -0.2) is 43.3 Å². The summed E-state index contributed by atoms with van der Waals surface area (Å²) in [6, 6.07) is 5.42. The fraction of sp³-hybridized carbons (Fsp3) is 0.429. The zero-order chi connectivity index (χ0) is 14.7. The molecule has 2 N–H and O–H groups in total. The van der Waals surface area contributed by atoms with E-state index in [0.717, 1.165) is 11.3 Å². The Labute approximate surface area is 122 Å². The molecule has 0 bridgehead atoms. The summed E-state index contributed by atoms with van der Waals surface area (Å²) in [5, 5.41) is 5.59. The Morgan fingerprint density at radius 1 is 1.29 bits per heavy atom. The highest BCUT2D eigenvalue weighted by atomic mass is 16.7. The lowest BCUT2D eigenvalue weighted by Gasteiger charge is -2.20. The Morgan fingerprint density at radius 3 is 3.05 bits per heavy atom. The second kappa shape index (κ2) is 5.90. The average Bonchev–Trinajstić information content (AvgIpc) is 2.85. The molecule has 112 valence electrons. The predicted molar refractivity (Wildman–Crippen MR) is 74.0 cm³/mol. The summed E-state index contributed by atoms with van der Waals surface area (Å²) < 4.78 is 10.5. The number of hydrogen-bond acceptors (Lipinski definition) is 4.